The first kappa shape index (κ1) is 16.2. The van der Waals surface area contributed by atoms with E-state index in [9.17, 15) is 4.39 Å². The molecule has 0 N–H and O–H groups in total. The van der Waals surface area contributed by atoms with Gasteiger partial charge >= 0.3 is 0 Å². The predicted molar refractivity (Wildman–Crippen MR) is 100 cm³/mol. The standard InChI is InChI=1S/C20H17BrFN3/c21-17-6-7-18(22)15-9-11-25(13-16(15)17)20-8-10-23-19(24-20)12-14-4-2-1-3-5-14/h1-8,10H,9,11-13H2. The van der Waals surface area contributed by atoms with Crippen molar-refractivity contribution in [2.24, 2.45) is 0 Å². The summed E-state index contributed by atoms with van der Waals surface area (Å²) in [6.07, 6.45) is 3.19. The van der Waals surface area contributed by atoms with Gasteiger partial charge in [0.15, 0.2) is 0 Å². The molecule has 2 aromatic carbocycles. The molecule has 4 rings (SSSR count). The summed E-state index contributed by atoms with van der Waals surface area (Å²) < 4.78 is 15.0. The van der Waals surface area contributed by atoms with Crippen LogP contribution >= 0.6 is 15.9 Å². The van der Waals surface area contributed by atoms with Crippen LogP contribution in [0.25, 0.3) is 0 Å². The quantitative estimate of drug-likeness (QED) is 0.649. The van der Waals surface area contributed by atoms with Crippen LogP contribution in [0.1, 0.15) is 22.5 Å². The molecule has 25 heavy (non-hydrogen) atoms. The molecule has 5 heteroatoms. The van der Waals surface area contributed by atoms with Gasteiger partial charge in [0.1, 0.15) is 17.5 Å². The van der Waals surface area contributed by atoms with E-state index >= 15 is 0 Å². The minimum atomic E-state index is -0.120. The molecule has 0 aliphatic carbocycles. The monoisotopic (exact) mass is 397 g/mol. The second-order valence-corrected chi connectivity index (χ2v) is 7.01. The van der Waals surface area contributed by atoms with Crippen molar-refractivity contribution in [2.75, 3.05) is 11.4 Å². The third-order valence-corrected chi connectivity index (χ3v) is 5.26. The predicted octanol–water partition coefficient (Wildman–Crippen LogP) is 4.53. The Bertz CT molecular complexity index is 899. The van der Waals surface area contributed by atoms with Crippen molar-refractivity contribution < 1.29 is 4.39 Å². The number of rotatable bonds is 3. The van der Waals surface area contributed by atoms with Crippen molar-refractivity contribution in [3.8, 4) is 0 Å². The van der Waals surface area contributed by atoms with Gasteiger partial charge in [0.2, 0.25) is 0 Å². The lowest BCUT2D eigenvalue weighted by Gasteiger charge is -2.30. The van der Waals surface area contributed by atoms with Gasteiger partial charge in [0.05, 0.1) is 0 Å². The second-order valence-electron chi connectivity index (χ2n) is 6.15. The Morgan fingerprint density at radius 1 is 1.04 bits per heavy atom. The Labute approximate surface area is 154 Å². The Hall–Kier alpha value is -2.27. The summed E-state index contributed by atoms with van der Waals surface area (Å²) in [5.74, 6) is 1.57. The summed E-state index contributed by atoms with van der Waals surface area (Å²) in [6.45, 7) is 1.40. The minimum Gasteiger partial charge on any atom is -0.352 e. The Morgan fingerprint density at radius 2 is 1.88 bits per heavy atom. The van der Waals surface area contributed by atoms with E-state index in [0.29, 0.717) is 19.4 Å². The van der Waals surface area contributed by atoms with Crippen LogP contribution in [-0.4, -0.2) is 16.5 Å². The lowest BCUT2D eigenvalue weighted by Crippen LogP contribution is -2.32. The summed E-state index contributed by atoms with van der Waals surface area (Å²) in [5.41, 5.74) is 3.01. The number of fused-ring (bicyclic) bond motifs is 1. The van der Waals surface area contributed by atoms with E-state index < -0.39 is 0 Å². The molecule has 0 atom stereocenters. The average molecular weight is 398 g/mol. The van der Waals surface area contributed by atoms with E-state index in [0.717, 1.165) is 33.8 Å². The van der Waals surface area contributed by atoms with Gasteiger partial charge in [0, 0.05) is 30.2 Å². The van der Waals surface area contributed by atoms with E-state index in [-0.39, 0.29) is 5.82 Å². The van der Waals surface area contributed by atoms with Crippen LogP contribution in [0.15, 0.2) is 59.2 Å². The van der Waals surface area contributed by atoms with Crippen molar-refractivity contribution in [3.63, 3.8) is 0 Å². The van der Waals surface area contributed by atoms with Gasteiger partial charge in [-0.25, -0.2) is 14.4 Å². The van der Waals surface area contributed by atoms with Crippen LogP contribution in [0.3, 0.4) is 0 Å². The van der Waals surface area contributed by atoms with E-state index in [1.807, 2.05) is 24.3 Å². The fourth-order valence-electron chi connectivity index (χ4n) is 3.22. The third-order valence-electron chi connectivity index (χ3n) is 4.52. The highest BCUT2D eigenvalue weighted by molar-refractivity contribution is 9.10. The highest BCUT2D eigenvalue weighted by Gasteiger charge is 2.22. The molecule has 1 aromatic heterocycles. The van der Waals surface area contributed by atoms with E-state index in [1.165, 1.54) is 11.6 Å². The number of benzene rings is 2. The van der Waals surface area contributed by atoms with Crippen LogP contribution in [0.4, 0.5) is 10.2 Å². The number of anilines is 1. The molecular formula is C20H17BrFN3. The normalized spacial score (nSPS) is 13.6. The summed E-state index contributed by atoms with van der Waals surface area (Å²) in [6, 6.07) is 15.4. The lowest BCUT2D eigenvalue weighted by atomic mass is 9.99. The molecule has 0 unspecified atom stereocenters. The van der Waals surface area contributed by atoms with Gasteiger partial charge < -0.3 is 4.90 Å². The zero-order chi connectivity index (χ0) is 17.2. The molecule has 2 heterocycles. The molecule has 0 saturated carbocycles. The molecule has 0 bridgehead atoms. The van der Waals surface area contributed by atoms with Gasteiger partial charge in [-0.05, 0) is 41.3 Å². The molecule has 126 valence electrons. The molecule has 1 aliphatic heterocycles. The van der Waals surface area contributed by atoms with Gasteiger partial charge in [-0.15, -0.1) is 0 Å². The molecule has 0 saturated heterocycles. The molecular weight excluding hydrogens is 381 g/mol. The van der Waals surface area contributed by atoms with Crippen LogP contribution in [0.5, 0.6) is 0 Å². The largest absolute Gasteiger partial charge is 0.352 e. The van der Waals surface area contributed by atoms with Crippen molar-refractivity contribution >= 4 is 21.7 Å². The van der Waals surface area contributed by atoms with E-state index in [4.69, 9.17) is 4.98 Å². The van der Waals surface area contributed by atoms with E-state index in [2.05, 4.69) is 37.9 Å². The first-order chi connectivity index (χ1) is 12.2. The molecule has 3 aromatic rings. The van der Waals surface area contributed by atoms with Gasteiger partial charge in [-0.1, -0.05) is 46.3 Å². The summed E-state index contributed by atoms with van der Waals surface area (Å²) >= 11 is 3.55. The summed E-state index contributed by atoms with van der Waals surface area (Å²) in [7, 11) is 0. The lowest BCUT2D eigenvalue weighted by molar-refractivity contribution is 0.587. The fraction of sp³-hybridized carbons (Fsp3) is 0.200. The number of aromatic nitrogens is 2. The molecule has 0 spiro atoms. The second kappa shape index (κ2) is 6.92. The van der Waals surface area contributed by atoms with Crippen LogP contribution in [0.2, 0.25) is 0 Å². The van der Waals surface area contributed by atoms with Gasteiger partial charge in [0.25, 0.3) is 0 Å². The molecule has 0 radical (unpaired) electrons. The van der Waals surface area contributed by atoms with Crippen molar-refractivity contribution in [3.05, 3.63) is 87.5 Å². The Kier molecular flexibility index (Phi) is 4.49. The van der Waals surface area contributed by atoms with Crippen molar-refractivity contribution in [1.29, 1.82) is 0 Å². The number of nitrogens with zero attached hydrogens (tertiary/aromatic N) is 3. The Balaban J connectivity index is 1.59. The van der Waals surface area contributed by atoms with Crippen molar-refractivity contribution in [2.45, 2.75) is 19.4 Å². The molecule has 3 nitrogen and oxygen atoms in total. The highest BCUT2D eigenvalue weighted by Crippen LogP contribution is 2.30. The molecule has 1 aliphatic rings. The summed E-state index contributed by atoms with van der Waals surface area (Å²) in [5, 5.41) is 0. The van der Waals surface area contributed by atoms with Gasteiger partial charge in [-0.2, -0.15) is 0 Å². The maximum atomic E-state index is 14.0. The number of hydrogen-bond acceptors (Lipinski definition) is 3. The Morgan fingerprint density at radius 3 is 2.72 bits per heavy atom. The zero-order valence-corrected chi connectivity index (χ0v) is 15.2. The third kappa shape index (κ3) is 3.42. The van der Waals surface area contributed by atoms with Crippen LogP contribution in [-0.2, 0) is 19.4 Å². The average Bonchev–Trinajstić information content (AvgIpc) is 2.66. The van der Waals surface area contributed by atoms with Gasteiger partial charge in [-0.3, -0.25) is 0 Å². The number of hydrogen-bond donors (Lipinski definition) is 0. The number of halogens is 2. The van der Waals surface area contributed by atoms with E-state index in [1.54, 1.807) is 12.3 Å². The highest BCUT2D eigenvalue weighted by atomic mass is 79.9. The maximum absolute atomic E-state index is 14.0. The smallest absolute Gasteiger partial charge is 0.135 e. The maximum Gasteiger partial charge on any atom is 0.135 e. The topological polar surface area (TPSA) is 29.0 Å². The summed E-state index contributed by atoms with van der Waals surface area (Å²) in [4.78, 5) is 11.3. The first-order valence-electron chi connectivity index (χ1n) is 8.27. The van der Waals surface area contributed by atoms with Crippen molar-refractivity contribution in [1.82, 2.24) is 9.97 Å². The molecule has 0 amide bonds. The van der Waals surface area contributed by atoms with Crippen LogP contribution in [0, 0.1) is 5.82 Å². The zero-order valence-electron chi connectivity index (χ0n) is 13.6. The van der Waals surface area contributed by atoms with Crippen LogP contribution < -0.4 is 4.90 Å². The molecule has 0 fully saturated rings. The first-order valence-corrected chi connectivity index (χ1v) is 9.06. The fourth-order valence-corrected chi connectivity index (χ4v) is 3.71. The SMILES string of the molecule is Fc1ccc(Br)c2c1CCN(c1ccnc(Cc3ccccc3)n1)C2. The minimum absolute atomic E-state index is 0.120.